The number of fused-ring (bicyclic) bond motifs is 1. The van der Waals surface area contributed by atoms with Crippen LogP contribution in [-0.4, -0.2) is 33.5 Å². The van der Waals surface area contributed by atoms with Crippen LogP contribution in [0.4, 0.5) is 11.5 Å². The highest BCUT2D eigenvalue weighted by atomic mass is 32.2. The van der Waals surface area contributed by atoms with Crippen LogP contribution in [-0.2, 0) is 22.0 Å². The van der Waals surface area contributed by atoms with E-state index in [1.807, 2.05) is 24.3 Å². The summed E-state index contributed by atoms with van der Waals surface area (Å²) < 4.78 is 34.0. The second-order valence-electron chi connectivity index (χ2n) is 7.93. The molecule has 10 heteroatoms. The Morgan fingerprint density at radius 1 is 1.00 bits per heavy atom. The van der Waals surface area contributed by atoms with Crippen molar-refractivity contribution in [2.75, 3.05) is 25.3 Å². The molecule has 0 spiro atoms. The molecule has 0 saturated heterocycles. The van der Waals surface area contributed by atoms with Gasteiger partial charge in [-0.25, -0.2) is 13.4 Å². The van der Waals surface area contributed by atoms with Crippen molar-refractivity contribution >= 4 is 38.9 Å². The average molecular weight is 507 g/mol. The van der Waals surface area contributed by atoms with Crippen LogP contribution in [0, 0.1) is 0 Å². The Morgan fingerprint density at radius 3 is 2.53 bits per heavy atom. The number of rotatable bonds is 9. The van der Waals surface area contributed by atoms with Crippen LogP contribution in [0.2, 0.25) is 0 Å². The van der Waals surface area contributed by atoms with E-state index in [0.29, 0.717) is 34.1 Å². The van der Waals surface area contributed by atoms with Gasteiger partial charge in [-0.3, -0.25) is 4.79 Å². The standard InChI is InChI=1S/C26H26N4O5S/c1-34-21-10-7-17(14-22(21)35-2)24(26(31)29-15-18-5-3-4-6-23(18)36(32)33)30-19-8-9-20-16(13-19)11-12-28-25(20)27/h3-14,24,30,36H,15H2,1-2H3,(H2,27,28)(H,29,31). The van der Waals surface area contributed by atoms with Crippen molar-refractivity contribution in [1.29, 1.82) is 0 Å². The monoisotopic (exact) mass is 506 g/mol. The number of carbonyl (C=O) groups is 1. The minimum absolute atomic E-state index is 0.0454. The molecule has 1 aromatic heterocycles. The summed E-state index contributed by atoms with van der Waals surface area (Å²) in [5.41, 5.74) is 7.79. The van der Waals surface area contributed by atoms with Crippen molar-refractivity contribution in [3.8, 4) is 11.5 Å². The average Bonchev–Trinajstić information content (AvgIpc) is 2.90. The van der Waals surface area contributed by atoms with E-state index in [9.17, 15) is 13.2 Å². The molecule has 3 aromatic carbocycles. The fourth-order valence-electron chi connectivity index (χ4n) is 3.91. The zero-order valence-corrected chi connectivity index (χ0v) is 20.6. The highest BCUT2D eigenvalue weighted by Crippen LogP contribution is 2.32. The maximum atomic E-state index is 13.4. The van der Waals surface area contributed by atoms with Gasteiger partial charge < -0.3 is 25.8 Å². The number of nitrogens with two attached hydrogens (primary N) is 1. The molecule has 0 saturated carbocycles. The molecule has 4 aromatic rings. The third-order valence-corrected chi connectivity index (χ3v) is 6.58. The van der Waals surface area contributed by atoms with Crippen LogP contribution in [0.15, 0.2) is 77.8 Å². The van der Waals surface area contributed by atoms with E-state index < -0.39 is 16.7 Å². The van der Waals surface area contributed by atoms with E-state index in [-0.39, 0.29) is 17.3 Å². The number of nitrogens with one attached hydrogen (secondary N) is 2. The lowest BCUT2D eigenvalue weighted by atomic mass is 10.0. The van der Waals surface area contributed by atoms with Crippen LogP contribution in [0.3, 0.4) is 0 Å². The first-order chi connectivity index (χ1) is 17.4. The van der Waals surface area contributed by atoms with Gasteiger partial charge in [0.1, 0.15) is 11.9 Å². The van der Waals surface area contributed by atoms with Crippen LogP contribution < -0.4 is 25.8 Å². The lowest BCUT2D eigenvalue weighted by molar-refractivity contribution is -0.122. The van der Waals surface area contributed by atoms with E-state index in [1.165, 1.54) is 20.3 Å². The van der Waals surface area contributed by atoms with E-state index in [2.05, 4.69) is 15.6 Å². The van der Waals surface area contributed by atoms with Crippen molar-refractivity contribution in [1.82, 2.24) is 10.3 Å². The van der Waals surface area contributed by atoms with Gasteiger partial charge in [0.05, 0.1) is 19.1 Å². The molecule has 0 fully saturated rings. The number of amides is 1. The molecule has 1 atom stereocenters. The van der Waals surface area contributed by atoms with Crippen molar-refractivity contribution in [2.45, 2.75) is 17.5 Å². The normalized spacial score (nSPS) is 11.8. The molecule has 0 bridgehead atoms. The number of pyridine rings is 1. The Bertz CT molecular complexity index is 1480. The minimum atomic E-state index is -2.79. The van der Waals surface area contributed by atoms with Gasteiger partial charge >= 0.3 is 0 Å². The highest BCUT2D eigenvalue weighted by Gasteiger charge is 2.23. The largest absolute Gasteiger partial charge is 0.493 e. The summed E-state index contributed by atoms with van der Waals surface area (Å²) in [5.74, 6) is 1.07. The van der Waals surface area contributed by atoms with Gasteiger partial charge in [0, 0.05) is 23.8 Å². The predicted molar refractivity (Wildman–Crippen MR) is 139 cm³/mol. The number of aromatic nitrogens is 1. The molecule has 0 aliphatic carbocycles. The van der Waals surface area contributed by atoms with Gasteiger partial charge in [-0.1, -0.05) is 24.3 Å². The number of nitrogen functional groups attached to an aromatic ring is 1. The summed E-state index contributed by atoms with van der Waals surface area (Å²) >= 11 is 0. The summed E-state index contributed by atoms with van der Waals surface area (Å²) in [6.07, 6.45) is 1.62. The van der Waals surface area contributed by atoms with E-state index >= 15 is 0 Å². The lowest BCUT2D eigenvalue weighted by Crippen LogP contribution is -2.33. The van der Waals surface area contributed by atoms with Gasteiger partial charge in [-0.15, -0.1) is 0 Å². The fourth-order valence-corrected chi connectivity index (χ4v) is 4.51. The van der Waals surface area contributed by atoms with Gasteiger partial charge in [0.15, 0.2) is 22.2 Å². The quantitative estimate of drug-likeness (QED) is 0.254. The van der Waals surface area contributed by atoms with Gasteiger partial charge in [0.2, 0.25) is 5.91 Å². The molecule has 9 nitrogen and oxygen atoms in total. The number of nitrogens with zero attached hydrogens (tertiary/aromatic N) is 1. The first-order valence-electron chi connectivity index (χ1n) is 11.0. The van der Waals surface area contributed by atoms with Crippen molar-refractivity contribution in [2.24, 2.45) is 0 Å². The molecule has 1 amide bonds. The van der Waals surface area contributed by atoms with Crippen LogP contribution in [0.5, 0.6) is 11.5 Å². The summed E-state index contributed by atoms with van der Waals surface area (Å²) in [7, 11) is 0.266. The molecule has 1 heterocycles. The molecule has 186 valence electrons. The number of anilines is 2. The summed E-state index contributed by atoms with van der Waals surface area (Å²) in [4.78, 5) is 17.7. The minimum Gasteiger partial charge on any atom is -0.493 e. The Balaban J connectivity index is 1.67. The Hall–Kier alpha value is -4.31. The van der Waals surface area contributed by atoms with E-state index in [4.69, 9.17) is 15.2 Å². The smallest absolute Gasteiger partial charge is 0.247 e. The summed E-state index contributed by atoms with van der Waals surface area (Å²) in [5, 5.41) is 7.81. The maximum absolute atomic E-state index is 13.4. The summed E-state index contributed by atoms with van der Waals surface area (Å²) in [6.45, 7) is 0.0454. The van der Waals surface area contributed by atoms with Crippen LogP contribution >= 0.6 is 0 Å². The molecule has 36 heavy (non-hydrogen) atoms. The first kappa shape index (κ1) is 24.8. The van der Waals surface area contributed by atoms with Gasteiger partial charge in [-0.2, -0.15) is 0 Å². The van der Waals surface area contributed by atoms with Gasteiger partial charge in [-0.05, 0) is 59.0 Å². The second kappa shape index (κ2) is 11.0. The number of benzene rings is 3. The Kier molecular flexibility index (Phi) is 7.55. The highest BCUT2D eigenvalue weighted by molar-refractivity contribution is 7.72. The molecular weight excluding hydrogens is 480 g/mol. The molecular formula is C26H26N4O5S. The van der Waals surface area contributed by atoms with Crippen molar-refractivity contribution in [3.05, 3.63) is 84.1 Å². The SMILES string of the molecule is COc1ccc(C(Nc2ccc3c(N)nccc3c2)C(=O)NCc2ccccc2[SH](=O)=O)cc1OC. The number of methoxy groups -OCH3 is 2. The Labute approximate surface area is 210 Å². The predicted octanol–water partition coefficient (Wildman–Crippen LogP) is 3.27. The number of thiol groups is 1. The third-order valence-electron chi connectivity index (χ3n) is 5.75. The van der Waals surface area contributed by atoms with E-state index in [0.717, 1.165) is 10.8 Å². The van der Waals surface area contributed by atoms with Crippen molar-refractivity contribution < 1.29 is 22.7 Å². The number of carbonyl (C=O) groups excluding carboxylic acids is 1. The summed E-state index contributed by atoms with van der Waals surface area (Å²) in [6, 6.07) is 18.3. The first-order valence-corrected chi connectivity index (χ1v) is 12.2. The lowest BCUT2D eigenvalue weighted by Gasteiger charge is -2.22. The second-order valence-corrected chi connectivity index (χ2v) is 8.92. The maximum Gasteiger partial charge on any atom is 0.247 e. The van der Waals surface area contributed by atoms with E-state index in [1.54, 1.807) is 42.6 Å². The fraction of sp³-hybridized carbons (Fsp3) is 0.154. The van der Waals surface area contributed by atoms with Crippen LogP contribution in [0.25, 0.3) is 10.8 Å². The van der Waals surface area contributed by atoms with Crippen molar-refractivity contribution in [3.63, 3.8) is 0 Å². The molecule has 4 N–H and O–H groups in total. The molecule has 1 unspecified atom stereocenters. The number of hydrogen-bond donors (Lipinski definition) is 4. The Morgan fingerprint density at radius 2 is 1.78 bits per heavy atom. The molecule has 0 radical (unpaired) electrons. The molecule has 4 rings (SSSR count). The van der Waals surface area contributed by atoms with Crippen LogP contribution in [0.1, 0.15) is 17.2 Å². The van der Waals surface area contributed by atoms with Gasteiger partial charge in [0.25, 0.3) is 0 Å². The zero-order chi connectivity index (χ0) is 25.7. The third kappa shape index (κ3) is 5.33. The molecule has 0 aliphatic heterocycles. The topological polar surface area (TPSA) is 133 Å². The zero-order valence-electron chi connectivity index (χ0n) is 19.7. The number of ether oxygens (including phenoxy) is 2. The molecule has 0 aliphatic rings. The number of hydrogen-bond acceptors (Lipinski definition) is 8.